The third-order valence-corrected chi connectivity index (χ3v) is 1.94. The van der Waals surface area contributed by atoms with E-state index in [-0.39, 0.29) is 5.78 Å². The van der Waals surface area contributed by atoms with Gasteiger partial charge in [0.25, 0.3) is 0 Å². The maximum atomic E-state index is 11.0. The van der Waals surface area contributed by atoms with Crippen LogP contribution in [0.25, 0.3) is 0 Å². The van der Waals surface area contributed by atoms with Crippen LogP contribution in [0.3, 0.4) is 0 Å². The molecule has 0 aromatic heterocycles. The van der Waals surface area contributed by atoms with E-state index < -0.39 is 0 Å². The van der Waals surface area contributed by atoms with Crippen LogP contribution in [0.2, 0.25) is 0 Å². The molecule has 11 heavy (non-hydrogen) atoms. The van der Waals surface area contributed by atoms with Crippen LogP contribution in [-0.2, 0) is 4.79 Å². The summed E-state index contributed by atoms with van der Waals surface area (Å²) in [5.41, 5.74) is 1.01. The zero-order chi connectivity index (χ0) is 8.10. The molecule has 0 saturated heterocycles. The van der Waals surface area contributed by atoms with Crippen molar-refractivity contribution in [3.05, 3.63) is 23.8 Å². The van der Waals surface area contributed by atoms with Gasteiger partial charge in [-0.25, -0.2) is 0 Å². The maximum absolute atomic E-state index is 11.0. The molecule has 0 atom stereocenters. The van der Waals surface area contributed by atoms with Crippen molar-refractivity contribution in [2.24, 2.45) is 0 Å². The molecule has 0 amide bonds. The first kappa shape index (κ1) is 8.25. The molecular formula is C10H14O. The minimum atomic E-state index is 0.236. The quantitative estimate of drug-likeness (QED) is 0.525. The molecule has 0 aromatic rings. The Labute approximate surface area is 67.8 Å². The highest BCUT2D eigenvalue weighted by atomic mass is 16.1. The number of allylic oxidation sites excluding steroid dienone is 4. The lowest BCUT2D eigenvalue weighted by atomic mass is 10.0. The summed E-state index contributed by atoms with van der Waals surface area (Å²) in [4.78, 5) is 11.0. The number of carbonyl (C=O) groups is 1. The van der Waals surface area contributed by atoms with Gasteiger partial charge in [-0.2, -0.15) is 0 Å². The molecule has 0 spiro atoms. The second-order valence-electron chi connectivity index (χ2n) is 2.88. The Morgan fingerprint density at radius 1 is 1.45 bits per heavy atom. The number of carbonyl (C=O) groups excluding carboxylic acids is 1. The van der Waals surface area contributed by atoms with Crippen molar-refractivity contribution < 1.29 is 4.79 Å². The fraction of sp³-hybridized carbons (Fsp3) is 0.500. The first-order valence-corrected chi connectivity index (χ1v) is 4.15. The van der Waals surface area contributed by atoms with E-state index in [1.807, 2.05) is 6.08 Å². The first-order valence-electron chi connectivity index (χ1n) is 4.15. The molecule has 0 bridgehead atoms. The molecule has 1 aliphatic rings. The predicted octanol–water partition coefficient (Wildman–Crippen LogP) is 2.63. The van der Waals surface area contributed by atoms with Crippen LogP contribution in [0.1, 0.15) is 32.6 Å². The van der Waals surface area contributed by atoms with Crippen molar-refractivity contribution in [1.29, 1.82) is 0 Å². The van der Waals surface area contributed by atoms with Crippen molar-refractivity contribution in [3.8, 4) is 0 Å². The minimum Gasteiger partial charge on any atom is -0.295 e. The van der Waals surface area contributed by atoms with Crippen molar-refractivity contribution in [2.45, 2.75) is 32.6 Å². The second kappa shape index (κ2) is 4.12. The van der Waals surface area contributed by atoms with Gasteiger partial charge in [-0.1, -0.05) is 18.2 Å². The van der Waals surface area contributed by atoms with Crippen LogP contribution >= 0.6 is 0 Å². The summed E-state index contributed by atoms with van der Waals surface area (Å²) in [6, 6.07) is 0. The summed E-state index contributed by atoms with van der Waals surface area (Å²) >= 11 is 0. The smallest absolute Gasteiger partial charge is 0.155 e. The van der Waals surface area contributed by atoms with Gasteiger partial charge in [-0.15, -0.1) is 0 Å². The first-order chi connectivity index (χ1) is 5.30. The minimum absolute atomic E-state index is 0.236. The van der Waals surface area contributed by atoms with Crippen LogP contribution in [0.5, 0.6) is 0 Å². The normalized spacial score (nSPS) is 18.5. The van der Waals surface area contributed by atoms with Gasteiger partial charge < -0.3 is 0 Å². The van der Waals surface area contributed by atoms with Crippen LogP contribution < -0.4 is 0 Å². The van der Waals surface area contributed by atoms with Crippen molar-refractivity contribution in [1.82, 2.24) is 0 Å². The molecule has 0 heterocycles. The van der Waals surface area contributed by atoms with E-state index in [4.69, 9.17) is 0 Å². The summed E-state index contributed by atoms with van der Waals surface area (Å²) in [6.45, 7) is 1.65. The Hall–Kier alpha value is -0.850. The van der Waals surface area contributed by atoms with Gasteiger partial charge in [-0.05, 0) is 38.2 Å². The number of hydrogen-bond donors (Lipinski definition) is 0. The molecule has 0 aromatic carbocycles. The Balaban J connectivity index is 2.61. The standard InChI is InChI=1S/C10H14O/c1-9(11)10-7-5-3-2-4-6-8-10/h2-3,7H,4-6,8H2,1H3. The number of ketones is 1. The van der Waals surface area contributed by atoms with Crippen molar-refractivity contribution in [2.75, 3.05) is 0 Å². The molecule has 0 unspecified atom stereocenters. The van der Waals surface area contributed by atoms with E-state index in [9.17, 15) is 4.79 Å². The lowest BCUT2D eigenvalue weighted by Crippen LogP contribution is -1.97. The number of rotatable bonds is 1. The van der Waals surface area contributed by atoms with Crippen LogP contribution in [0.15, 0.2) is 23.8 Å². The lowest BCUT2D eigenvalue weighted by Gasteiger charge is -2.03. The molecular weight excluding hydrogens is 136 g/mol. The van der Waals surface area contributed by atoms with E-state index >= 15 is 0 Å². The number of Topliss-reactive ketones (excluding diaryl/α,β-unsaturated/α-hetero) is 1. The molecule has 1 aliphatic carbocycles. The van der Waals surface area contributed by atoms with Gasteiger partial charge in [-0.3, -0.25) is 4.79 Å². The zero-order valence-corrected chi connectivity index (χ0v) is 6.97. The molecule has 1 rings (SSSR count). The summed E-state index contributed by atoms with van der Waals surface area (Å²) in [5, 5.41) is 0. The van der Waals surface area contributed by atoms with Crippen molar-refractivity contribution in [3.63, 3.8) is 0 Å². The summed E-state index contributed by atoms with van der Waals surface area (Å²) < 4.78 is 0. The van der Waals surface area contributed by atoms with Crippen LogP contribution in [0.4, 0.5) is 0 Å². The molecule has 60 valence electrons. The summed E-state index contributed by atoms with van der Waals surface area (Å²) in [7, 11) is 0. The van der Waals surface area contributed by atoms with Crippen molar-refractivity contribution >= 4 is 5.78 Å². The van der Waals surface area contributed by atoms with Gasteiger partial charge in [0.05, 0.1) is 0 Å². The Bertz CT molecular complexity index is 199. The van der Waals surface area contributed by atoms with Gasteiger partial charge >= 0.3 is 0 Å². The topological polar surface area (TPSA) is 17.1 Å². The third-order valence-electron chi connectivity index (χ3n) is 1.94. The van der Waals surface area contributed by atoms with Gasteiger partial charge in [0, 0.05) is 0 Å². The van der Waals surface area contributed by atoms with Gasteiger partial charge in [0.2, 0.25) is 0 Å². The lowest BCUT2D eigenvalue weighted by molar-refractivity contribution is -0.113. The third kappa shape index (κ3) is 2.71. The SMILES string of the molecule is CC(=O)C1=CCC=CCCC1. The van der Waals surface area contributed by atoms with Crippen LogP contribution in [0, 0.1) is 0 Å². The van der Waals surface area contributed by atoms with E-state index in [1.165, 1.54) is 0 Å². The summed E-state index contributed by atoms with van der Waals surface area (Å²) in [6.07, 6.45) is 10.5. The monoisotopic (exact) mass is 150 g/mol. The van der Waals surface area contributed by atoms with Gasteiger partial charge in [0.15, 0.2) is 5.78 Å². The Kier molecular flexibility index (Phi) is 3.09. The highest BCUT2D eigenvalue weighted by Crippen LogP contribution is 2.13. The Morgan fingerprint density at radius 2 is 2.27 bits per heavy atom. The zero-order valence-electron chi connectivity index (χ0n) is 6.97. The van der Waals surface area contributed by atoms with E-state index in [0.717, 1.165) is 31.3 Å². The largest absolute Gasteiger partial charge is 0.295 e. The van der Waals surface area contributed by atoms with E-state index in [1.54, 1.807) is 6.92 Å². The molecule has 0 saturated carbocycles. The van der Waals surface area contributed by atoms with Gasteiger partial charge in [0.1, 0.15) is 0 Å². The van der Waals surface area contributed by atoms with E-state index in [0.29, 0.717) is 0 Å². The highest BCUT2D eigenvalue weighted by molar-refractivity contribution is 5.93. The van der Waals surface area contributed by atoms with E-state index in [2.05, 4.69) is 12.2 Å². The molecule has 0 N–H and O–H groups in total. The van der Waals surface area contributed by atoms with Crippen LogP contribution in [-0.4, -0.2) is 5.78 Å². The predicted molar refractivity (Wildman–Crippen MR) is 46.4 cm³/mol. The molecule has 1 nitrogen and oxygen atoms in total. The average Bonchev–Trinajstić information content (AvgIpc) is 1.84. The molecule has 0 radical (unpaired) electrons. The maximum Gasteiger partial charge on any atom is 0.155 e. The fourth-order valence-corrected chi connectivity index (χ4v) is 1.26. The second-order valence-corrected chi connectivity index (χ2v) is 2.88. The molecule has 0 fully saturated rings. The molecule has 0 aliphatic heterocycles. The Morgan fingerprint density at radius 3 is 3.00 bits per heavy atom. The molecule has 1 heteroatoms. The fourth-order valence-electron chi connectivity index (χ4n) is 1.26. The highest BCUT2D eigenvalue weighted by Gasteiger charge is 2.02. The number of hydrogen-bond acceptors (Lipinski definition) is 1. The summed E-state index contributed by atoms with van der Waals surface area (Å²) in [5.74, 6) is 0.236. The average molecular weight is 150 g/mol.